The van der Waals surface area contributed by atoms with E-state index in [1.54, 1.807) is 12.1 Å². The lowest BCUT2D eigenvalue weighted by Crippen LogP contribution is -2.40. The average Bonchev–Trinajstić information content (AvgIpc) is 2.75. The smallest absolute Gasteiger partial charge is 0.123 e. The van der Waals surface area contributed by atoms with Crippen molar-refractivity contribution in [2.75, 3.05) is 0 Å². The van der Waals surface area contributed by atoms with Gasteiger partial charge in [0, 0.05) is 18.3 Å². The highest BCUT2D eigenvalue weighted by atomic mass is 19.1. The third kappa shape index (κ3) is 3.89. The molecule has 0 fully saturated rings. The van der Waals surface area contributed by atoms with Crippen LogP contribution in [0.5, 0.6) is 0 Å². The minimum absolute atomic E-state index is 0.216. The Morgan fingerprint density at radius 2 is 2.05 bits per heavy atom. The molecule has 19 heavy (non-hydrogen) atoms. The van der Waals surface area contributed by atoms with Crippen molar-refractivity contribution < 1.29 is 4.39 Å². The second kappa shape index (κ2) is 5.53. The quantitative estimate of drug-likeness (QED) is 0.899. The van der Waals surface area contributed by atoms with E-state index < -0.39 is 5.54 Å². The van der Waals surface area contributed by atoms with Gasteiger partial charge in [-0.2, -0.15) is 5.10 Å². The molecule has 1 aromatic carbocycles. The van der Waals surface area contributed by atoms with Crippen molar-refractivity contribution in [3.63, 3.8) is 0 Å². The Bertz CT molecular complexity index is 546. The molecule has 1 unspecified atom stereocenters. The van der Waals surface area contributed by atoms with Gasteiger partial charge in [0.05, 0.1) is 6.20 Å². The van der Waals surface area contributed by atoms with Crippen molar-refractivity contribution in [2.45, 2.75) is 38.8 Å². The van der Waals surface area contributed by atoms with E-state index >= 15 is 0 Å². The Morgan fingerprint density at radius 1 is 1.32 bits per heavy atom. The molecule has 2 N–H and O–H groups in total. The van der Waals surface area contributed by atoms with Crippen LogP contribution in [0.1, 0.15) is 25.0 Å². The zero-order valence-corrected chi connectivity index (χ0v) is 11.4. The summed E-state index contributed by atoms with van der Waals surface area (Å²) in [4.78, 5) is 0. The van der Waals surface area contributed by atoms with Crippen LogP contribution in [0.15, 0.2) is 36.7 Å². The first-order valence-electron chi connectivity index (χ1n) is 6.53. The Kier molecular flexibility index (Phi) is 4.00. The molecule has 102 valence electrons. The monoisotopic (exact) mass is 261 g/mol. The molecule has 0 amide bonds. The molecule has 3 nitrogen and oxygen atoms in total. The molecule has 1 heterocycles. The van der Waals surface area contributed by atoms with Gasteiger partial charge in [-0.1, -0.05) is 12.1 Å². The van der Waals surface area contributed by atoms with Crippen LogP contribution < -0.4 is 5.73 Å². The van der Waals surface area contributed by atoms with E-state index in [0.29, 0.717) is 6.42 Å². The molecule has 0 saturated carbocycles. The van der Waals surface area contributed by atoms with Crippen molar-refractivity contribution in [1.82, 2.24) is 9.78 Å². The Hall–Kier alpha value is -1.68. The normalized spacial score (nSPS) is 14.3. The van der Waals surface area contributed by atoms with Gasteiger partial charge in [-0.3, -0.25) is 4.68 Å². The second-order valence-corrected chi connectivity index (χ2v) is 5.34. The maximum atomic E-state index is 13.2. The SMILES string of the molecule is CCn1cc(CC(C)(N)Cc2cccc(F)c2)cn1. The maximum Gasteiger partial charge on any atom is 0.123 e. The maximum absolute atomic E-state index is 13.2. The minimum atomic E-state index is -0.407. The molecule has 0 spiro atoms. The number of nitrogens with zero attached hydrogens (tertiary/aromatic N) is 2. The summed E-state index contributed by atoms with van der Waals surface area (Å²) < 4.78 is 15.0. The van der Waals surface area contributed by atoms with Crippen molar-refractivity contribution >= 4 is 0 Å². The molecule has 1 aromatic heterocycles. The number of nitrogens with two attached hydrogens (primary N) is 1. The molecule has 2 rings (SSSR count). The summed E-state index contributed by atoms with van der Waals surface area (Å²) in [7, 11) is 0. The Balaban J connectivity index is 2.05. The van der Waals surface area contributed by atoms with Crippen LogP contribution in [0.4, 0.5) is 4.39 Å². The summed E-state index contributed by atoms with van der Waals surface area (Å²) in [5.74, 6) is -0.216. The topological polar surface area (TPSA) is 43.8 Å². The van der Waals surface area contributed by atoms with Gasteiger partial charge in [0.1, 0.15) is 5.82 Å². The summed E-state index contributed by atoms with van der Waals surface area (Å²) in [5, 5.41) is 4.24. The van der Waals surface area contributed by atoms with Gasteiger partial charge in [0.2, 0.25) is 0 Å². The van der Waals surface area contributed by atoms with Gasteiger partial charge < -0.3 is 5.73 Å². The molecule has 2 aromatic rings. The van der Waals surface area contributed by atoms with Crippen molar-refractivity contribution in [2.24, 2.45) is 5.73 Å². The summed E-state index contributed by atoms with van der Waals surface area (Å²) in [6, 6.07) is 6.61. The molecular weight excluding hydrogens is 241 g/mol. The first kappa shape index (κ1) is 13.7. The number of hydrogen-bond acceptors (Lipinski definition) is 2. The summed E-state index contributed by atoms with van der Waals surface area (Å²) in [6.45, 7) is 4.89. The number of aryl methyl sites for hydroxylation is 1. The van der Waals surface area contributed by atoms with E-state index in [9.17, 15) is 4.39 Å². The summed E-state index contributed by atoms with van der Waals surface area (Å²) in [5.41, 5.74) is 7.95. The highest BCUT2D eigenvalue weighted by Crippen LogP contribution is 2.17. The third-order valence-electron chi connectivity index (χ3n) is 3.12. The van der Waals surface area contributed by atoms with Crippen LogP contribution in [0, 0.1) is 5.82 Å². The van der Waals surface area contributed by atoms with Gasteiger partial charge >= 0.3 is 0 Å². The number of rotatable bonds is 5. The van der Waals surface area contributed by atoms with Crippen LogP contribution in [0.2, 0.25) is 0 Å². The Labute approximate surface area is 113 Å². The molecule has 0 radical (unpaired) electrons. The van der Waals surface area contributed by atoms with Crippen LogP contribution in [-0.2, 0) is 19.4 Å². The van der Waals surface area contributed by atoms with Crippen LogP contribution in [0.3, 0.4) is 0 Å². The minimum Gasteiger partial charge on any atom is -0.325 e. The van der Waals surface area contributed by atoms with E-state index in [1.807, 2.05) is 37.0 Å². The lowest BCUT2D eigenvalue weighted by Gasteiger charge is -2.24. The number of aromatic nitrogens is 2. The molecule has 0 aliphatic heterocycles. The zero-order valence-electron chi connectivity index (χ0n) is 11.4. The fourth-order valence-electron chi connectivity index (χ4n) is 2.31. The summed E-state index contributed by atoms with van der Waals surface area (Å²) in [6.07, 6.45) is 5.22. The predicted molar refractivity (Wildman–Crippen MR) is 74.3 cm³/mol. The van der Waals surface area contributed by atoms with Crippen molar-refractivity contribution in [3.05, 3.63) is 53.6 Å². The standard InChI is InChI=1S/C15H20FN3/c1-3-19-11-13(10-18-19)9-15(2,17)8-12-5-4-6-14(16)7-12/h4-7,10-11H,3,8-9,17H2,1-2H3. The first-order valence-corrected chi connectivity index (χ1v) is 6.53. The average molecular weight is 261 g/mol. The molecule has 1 atom stereocenters. The van der Waals surface area contributed by atoms with Crippen LogP contribution >= 0.6 is 0 Å². The van der Waals surface area contributed by atoms with Gasteiger partial charge in [-0.25, -0.2) is 4.39 Å². The number of halogens is 1. The van der Waals surface area contributed by atoms with Gasteiger partial charge in [0.15, 0.2) is 0 Å². The molecule has 0 bridgehead atoms. The lowest BCUT2D eigenvalue weighted by molar-refractivity contribution is 0.461. The number of hydrogen-bond donors (Lipinski definition) is 1. The molecule has 0 aliphatic rings. The fourth-order valence-corrected chi connectivity index (χ4v) is 2.31. The largest absolute Gasteiger partial charge is 0.325 e. The highest BCUT2D eigenvalue weighted by Gasteiger charge is 2.20. The van der Waals surface area contributed by atoms with E-state index in [2.05, 4.69) is 5.10 Å². The van der Waals surface area contributed by atoms with E-state index in [1.165, 1.54) is 6.07 Å². The van der Waals surface area contributed by atoms with Gasteiger partial charge in [0.25, 0.3) is 0 Å². The highest BCUT2D eigenvalue weighted by molar-refractivity contribution is 5.20. The predicted octanol–water partition coefficient (Wildman–Crippen LogP) is 2.54. The first-order chi connectivity index (χ1) is 8.98. The second-order valence-electron chi connectivity index (χ2n) is 5.34. The van der Waals surface area contributed by atoms with E-state index in [4.69, 9.17) is 5.73 Å². The van der Waals surface area contributed by atoms with E-state index in [0.717, 1.165) is 24.1 Å². The fraction of sp³-hybridized carbons (Fsp3) is 0.400. The molecule has 0 saturated heterocycles. The molecule has 0 aliphatic carbocycles. The summed E-state index contributed by atoms with van der Waals surface area (Å²) >= 11 is 0. The Morgan fingerprint density at radius 3 is 2.68 bits per heavy atom. The van der Waals surface area contributed by atoms with Gasteiger partial charge in [-0.15, -0.1) is 0 Å². The number of benzene rings is 1. The molecule has 4 heteroatoms. The van der Waals surface area contributed by atoms with Crippen LogP contribution in [-0.4, -0.2) is 15.3 Å². The lowest BCUT2D eigenvalue weighted by atomic mass is 9.88. The van der Waals surface area contributed by atoms with Crippen LogP contribution in [0.25, 0.3) is 0 Å². The van der Waals surface area contributed by atoms with E-state index in [-0.39, 0.29) is 5.82 Å². The van der Waals surface area contributed by atoms with Crippen molar-refractivity contribution in [1.29, 1.82) is 0 Å². The van der Waals surface area contributed by atoms with Gasteiger partial charge in [-0.05, 0) is 49.9 Å². The van der Waals surface area contributed by atoms with Crippen molar-refractivity contribution in [3.8, 4) is 0 Å². The molecular formula is C15H20FN3. The zero-order chi connectivity index (χ0) is 13.9. The third-order valence-corrected chi connectivity index (χ3v) is 3.12.